The van der Waals surface area contributed by atoms with Crippen molar-refractivity contribution >= 4 is 15.7 Å². The zero-order chi connectivity index (χ0) is 19.9. The molecule has 1 heterocycles. The summed E-state index contributed by atoms with van der Waals surface area (Å²) in [4.78, 5) is 4.26. The number of rotatable bonds is 10. The highest BCUT2D eigenvalue weighted by Crippen LogP contribution is 2.21. The van der Waals surface area contributed by atoms with Gasteiger partial charge in [-0.25, -0.2) is 13.9 Å². The number of methoxy groups -OCH3 is 1. The maximum absolute atomic E-state index is 12.8. The van der Waals surface area contributed by atoms with Crippen molar-refractivity contribution in [3.63, 3.8) is 0 Å². The summed E-state index contributed by atoms with van der Waals surface area (Å²) in [5, 5.41) is 9.38. The van der Waals surface area contributed by atoms with E-state index in [0.29, 0.717) is 32.7 Å². The van der Waals surface area contributed by atoms with Gasteiger partial charge in [0.05, 0.1) is 18.9 Å². The summed E-state index contributed by atoms with van der Waals surface area (Å²) in [6.07, 6.45) is 0. The van der Waals surface area contributed by atoms with Gasteiger partial charge in [0.25, 0.3) is 0 Å². The van der Waals surface area contributed by atoms with Gasteiger partial charge in [-0.2, -0.15) is 4.31 Å². The summed E-state index contributed by atoms with van der Waals surface area (Å²) < 4.78 is 32.2. The van der Waals surface area contributed by atoms with Gasteiger partial charge in [-0.1, -0.05) is 13.8 Å². The Balaban J connectivity index is 1.92. The average Bonchev–Trinajstić information content (AvgIpc) is 2.71. The second-order valence-corrected chi connectivity index (χ2v) is 8.69. The molecule has 8 nitrogen and oxygen atoms in total. The maximum Gasteiger partial charge on any atom is 0.215 e. The fourth-order valence-electron chi connectivity index (χ4n) is 3.30. The van der Waals surface area contributed by atoms with Crippen LogP contribution >= 0.6 is 0 Å². The van der Waals surface area contributed by atoms with Crippen molar-refractivity contribution in [1.29, 1.82) is 0 Å². The molecule has 0 bridgehead atoms. The molecule has 0 radical (unpaired) electrons. The highest BCUT2D eigenvalue weighted by Gasteiger charge is 2.30. The minimum absolute atomic E-state index is 0.109. The Hall–Kier alpha value is -1.39. The first-order chi connectivity index (χ1) is 12.9. The van der Waals surface area contributed by atoms with Crippen LogP contribution in [0, 0.1) is 0 Å². The third-order valence-electron chi connectivity index (χ3n) is 5.04. The van der Waals surface area contributed by atoms with Crippen LogP contribution in [-0.4, -0.2) is 87.5 Å². The van der Waals surface area contributed by atoms with E-state index in [1.807, 2.05) is 38.1 Å². The number of ether oxygens (including phenoxy) is 1. The van der Waals surface area contributed by atoms with E-state index in [2.05, 4.69) is 15.3 Å². The van der Waals surface area contributed by atoms with Gasteiger partial charge in [0.2, 0.25) is 10.0 Å². The SMILES string of the molecule is CCN(CC)CC(CS(=O)(=O)N1CCN(c2ccc(OC)cc2)CC1)NO. The number of nitrogens with one attached hydrogen (secondary N) is 1. The minimum atomic E-state index is -3.44. The molecular weight excluding hydrogens is 368 g/mol. The van der Waals surface area contributed by atoms with Gasteiger partial charge in [-0.05, 0) is 37.4 Å². The molecule has 0 spiro atoms. The van der Waals surface area contributed by atoms with Crippen LogP contribution in [0.3, 0.4) is 0 Å². The molecule has 2 N–H and O–H groups in total. The van der Waals surface area contributed by atoms with Gasteiger partial charge >= 0.3 is 0 Å². The molecule has 9 heteroatoms. The molecule has 1 aromatic rings. The third-order valence-corrected chi connectivity index (χ3v) is 7.01. The number of hydroxylamine groups is 1. The lowest BCUT2D eigenvalue weighted by atomic mass is 10.2. The van der Waals surface area contributed by atoms with Crippen LogP contribution in [0.5, 0.6) is 5.75 Å². The fourth-order valence-corrected chi connectivity index (χ4v) is 4.92. The Morgan fingerprint density at radius 2 is 1.74 bits per heavy atom. The van der Waals surface area contributed by atoms with Crippen LogP contribution in [0.1, 0.15) is 13.8 Å². The smallest absolute Gasteiger partial charge is 0.215 e. The lowest BCUT2D eigenvalue weighted by molar-refractivity contribution is 0.111. The van der Waals surface area contributed by atoms with Gasteiger partial charge in [0.1, 0.15) is 5.75 Å². The van der Waals surface area contributed by atoms with Crippen molar-refractivity contribution in [3.05, 3.63) is 24.3 Å². The van der Waals surface area contributed by atoms with Crippen molar-refractivity contribution in [1.82, 2.24) is 14.7 Å². The van der Waals surface area contributed by atoms with Crippen molar-refractivity contribution in [2.45, 2.75) is 19.9 Å². The van der Waals surface area contributed by atoms with Gasteiger partial charge in [0.15, 0.2) is 0 Å². The Morgan fingerprint density at radius 1 is 1.15 bits per heavy atom. The predicted octanol–water partition coefficient (Wildman–Crippen LogP) is 0.836. The number of sulfonamides is 1. The van der Waals surface area contributed by atoms with Crippen LogP contribution in [0.25, 0.3) is 0 Å². The summed E-state index contributed by atoms with van der Waals surface area (Å²) in [6, 6.07) is 7.28. The van der Waals surface area contributed by atoms with E-state index in [1.165, 1.54) is 4.31 Å². The molecule has 0 saturated carbocycles. The van der Waals surface area contributed by atoms with Gasteiger partial charge < -0.3 is 19.7 Å². The molecular formula is C18H32N4O4S. The molecule has 0 aliphatic carbocycles. The largest absolute Gasteiger partial charge is 0.497 e. The van der Waals surface area contributed by atoms with Crippen LogP contribution in [0.15, 0.2) is 24.3 Å². The highest BCUT2D eigenvalue weighted by molar-refractivity contribution is 7.89. The van der Waals surface area contributed by atoms with Crippen molar-refractivity contribution < 1.29 is 18.4 Å². The van der Waals surface area contributed by atoms with Crippen LogP contribution < -0.4 is 15.1 Å². The van der Waals surface area contributed by atoms with E-state index in [4.69, 9.17) is 4.74 Å². The molecule has 1 aliphatic heterocycles. The maximum atomic E-state index is 12.8. The van der Waals surface area contributed by atoms with E-state index in [9.17, 15) is 13.6 Å². The molecule has 0 amide bonds. The zero-order valence-corrected chi connectivity index (χ0v) is 17.3. The van der Waals surface area contributed by atoms with E-state index in [-0.39, 0.29) is 5.75 Å². The van der Waals surface area contributed by atoms with E-state index in [0.717, 1.165) is 24.5 Å². The Morgan fingerprint density at radius 3 is 2.22 bits per heavy atom. The monoisotopic (exact) mass is 400 g/mol. The topological polar surface area (TPSA) is 85.4 Å². The Labute approximate surface area is 162 Å². The summed E-state index contributed by atoms with van der Waals surface area (Å²) >= 11 is 0. The second kappa shape index (κ2) is 10.2. The summed E-state index contributed by atoms with van der Waals surface area (Å²) in [5.41, 5.74) is 3.23. The number of likely N-dealkylation sites (N-methyl/N-ethyl adjacent to an activating group) is 1. The molecule has 2 rings (SSSR count). The van der Waals surface area contributed by atoms with Crippen molar-refractivity contribution in [2.24, 2.45) is 0 Å². The molecule has 1 unspecified atom stereocenters. The van der Waals surface area contributed by atoms with Crippen LogP contribution in [0.2, 0.25) is 0 Å². The third kappa shape index (κ3) is 6.05. The molecule has 1 saturated heterocycles. The fraction of sp³-hybridized carbons (Fsp3) is 0.667. The molecule has 27 heavy (non-hydrogen) atoms. The second-order valence-electron chi connectivity index (χ2n) is 6.67. The number of nitrogens with zero attached hydrogens (tertiary/aromatic N) is 3. The lowest BCUT2D eigenvalue weighted by Gasteiger charge is -2.36. The number of hydrogen-bond acceptors (Lipinski definition) is 7. The van der Waals surface area contributed by atoms with Crippen LogP contribution in [-0.2, 0) is 10.0 Å². The Kier molecular flexibility index (Phi) is 8.30. The normalized spacial score (nSPS) is 17.3. The standard InChI is InChI=1S/C18H32N4O4S/c1-4-20(5-2)14-16(19-23)15-27(24,25)22-12-10-21(11-13-22)17-6-8-18(26-3)9-7-17/h6-9,16,19,23H,4-5,10-15H2,1-3H3. The number of piperazine rings is 1. The summed E-state index contributed by atoms with van der Waals surface area (Å²) in [6.45, 7) is 8.32. The lowest BCUT2D eigenvalue weighted by Crippen LogP contribution is -2.52. The first-order valence-electron chi connectivity index (χ1n) is 9.42. The van der Waals surface area contributed by atoms with Crippen molar-refractivity contribution in [2.75, 3.05) is 63.6 Å². The summed E-state index contributed by atoms with van der Waals surface area (Å²) in [7, 11) is -1.80. The van der Waals surface area contributed by atoms with Gasteiger partial charge in [-0.3, -0.25) is 0 Å². The number of hydrogen-bond donors (Lipinski definition) is 2. The molecule has 0 aromatic heterocycles. The molecule has 1 atom stereocenters. The van der Waals surface area contributed by atoms with E-state index < -0.39 is 16.1 Å². The van der Waals surface area contributed by atoms with Gasteiger partial charge in [-0.15, -0.1) is 0 Å². The quantitative estimate of drug-likeness (QED) is 0.563. The molecule has 1 fully saturated rings. The average molecular weight is 401 g/mol. The molecule has 154 valence electrons. The zero-order valence-electron chi connectivity index (χ0n) is 16.5. The first kappa shape index (κ1) is 21.9. The molecule has 1 aromatic carbocycles. The first-order valence-corrected chi connectivity index (χ1v) is 11.0. The van der Waals surface area contributed by atoms with E-state index in [1.54, 1.807) is 7.11 Å². The summed E-state index contributed by atoms with van der Waals surface area (Å²) in [5.74, 6) is 0.693. The van der Waals surface area contributed by atoms with E-state index >= 15 is 0 Å². The Bertz CT molecular complexity index is 656. The van der Waals surface area contributed by atoms with Crippen LogP contribution in [0.4, 0.5) is 5.69 Å². The van der Waals surface area contributed by atoms with Crippen molar-refractivity contribution in [3.8, 4) is 5.75 Å². The number of anilines is 1. The predicted molar refractivity (Wildman–Crippen MR) is 107 cm³/mol. The molecule has 1 aliphatic rings. The minimum Gasteiger partial charge on any atom is -0.497 e. The number of benzene rings is 1. The highest BCUT2D eigenvalue weighted by atomic mass is 32.2. The van der Waals surface area contributed by atoms with Gasteiger partial charge in [0, 0.05) is 38.4 Å².